The molecule has 27 heavy (non-hydrogen) atoms. The Bertz CT molecular complexity index is 1220. The van der Waals surface area contributed by atoms with Gasteiger partial charge in [-0.15, -0.1) is 5.75 Å². The van der Waals surface area contributed by atoms with Gasteiger partial charge in [0.2, 0.25) is 0 Å². The number of nitro groups is 1. The van der Waals surface area contributed by atoms with E-state index < -0.39 is 22.2 Å². The van der Waals surface area contributed by atoms with Gasteiger partial charge in [0.15, 0.2) is 0 Å². The van der Waals surface area contributed by atoms with Crippen LogP contribution in [0.1, 0.15) is 15.9 Å². The van der Waals surface area contributed by atoms with Gasteiger partial charge in [-0.1, -0.05) is 24.8 Å². The van der Waals surface area contributed by atoms with Gasteiger partial charge >= 0.3 is 0 Å². The number of hydrogen-bond acceptors (Lipinski definition) is 6. The molecule has 1 aromatic heterocycles. The Morgan fingerprint density at radius 2 is 1.85 bits per heavy atom. The van der Waals surface area contributed by atoms with E-state index in [0.29, 0.717) is 5.69 Å². The Hall–Kier alpha value is -4.14. The van der Waals surface area contributed by atoms with Crippen molar-refractivity contribution in [2.45, 2.75) is 0 Å². The third-order valence-corrected chi connectivity index (χ3v) is 3.87. The maximum absolute atomic E-state index is 12.6. The highest BCUT2D eigenvalue weighted by Gasteiger charge is 2.08. The number of aromatic amines is 1. The van der Waals surface area contributed by atoms with Crippen molar-refractivity contribution in [1.29, 1.82) is 0 Å². The van der Waals surface area contributed by atoms with E-state index >= 15 is 0 Å². The Morgan fingerprint density at radius 3 is 2.44 bits per heavy atom. The summed E-state index contributed by atoms with van der Waals surface area (Å²) < 4.78 is 1.12. The van der Waals surface area contributed by atoms with Crippen LogP contribution in [0.3, 0.4) is 0 Å². The van der Waals surface area contributed by atoms with Crippen molar-refractivity contribution < 1.29 is 19.9 Å². The van der Waals surface area contributed by atoms with Crippen molar-refractivity contribution in [1.82, 2.24) is 9.78 Å². The maximum Gasteiger partial charge on any atom is 0.279 e. The molecule has 2 aromatic carbocycles. The molecule has 3 aromatic rings. The molecule has 0 aliphatic carbocycles. The molecular formula is C18H11N3O6-2. The van der Waals surface area contributed by atoms with Crippen LogP contribution in [-0.2, 0) is 0 Å². The lowest BCUT2D eigenvalue weighted by molar-refractivity contribution is -0.385. The number of non-ortho nitro benzene ring substituents is 1. The summed E-state index contributed by atoms with van der Waals surface area (Å²) in [5, 5.41) is 36.6. The number of H-pyrrole nitrogens is 1. The molecule has 9 nitrogen and oxygen atoms in total. The number of nitrogens with zero attached hydrogens (tertiary/aromatic N) is 2. The minimum absolute atomic E-state index is 0.0235. The minimum atomic E-state index is -1.35. The molecule has 0 bridgehead atoms. The summed E-state index contributed by atoms with van der Waals surface area (Å²) in [5.74, 6) is -1.83. The fourth-order valence-electron chi connectivity index (χ4n) is 2.49. The Labute approximate surface area is 150 Å². The van der Waals surface area contributed by atoms with Crippen molar-refractivity contribution in [3.8, 4) is 11.4 Å². The van der Waals surface area contributed by atoms with Crippen LogP contribution in [0, 0.1) is 10.1 Å². The number of benzene rings is 2. The minimum Gasteiger partial charge on any atom is -0.872 e. The van der Waals surface area contributed by atoms with Crippen molar-refractivity contribution >= 4 is 24.3 Å². The van der Waals surface area contributed by atoms with Crippen LogP contribution < -0.4 is 26.3 Å². The zero-order chi connectivity index (χ0) is 19.7. The van der Waals surface area contributed by atoms with Gasteiger partial charge in [0.25, 0.3) is 11.2 Å². The lowest BCUT2D eigenvalue weighted by Gasteiger charge is -2.08. The average Bonchev–Trinajstić information content (AvgIpc) is 2.91. The predicted molar refractivity (Wildman–Crippen MR) is 91.6 cm³/mol. The van der Waals surface area contributed by atoms with Gasteiger partial charge in [-0.3, -0.25) is 20.0 Å². The average molecular weight is 365 g/mol. The molecule has 0 radical (unpaired) electrons. The summed E-state index contributed by atoms with van der Waals surface area (Å²) in [6, 6.07) is 8.57. The van der Waals surface area contributed by atoms with Gasteiger partial charge in [0.05, 0.1) is 27.1 Å². The summed E-state index contributed by atoms with van der Waals surface area (Å²) in [6.45, 7) is 3.71. The van der Waals surface area contributed by atoms with Gasteiger partial charge < -0.3 is 15.0 Å². The predicted octanol–water partition coefficient (Wildman–Crippen LogP) is -1.25. The van der Waals surface area contributed by atoms with Crippen LogP contribution in [0.25, 0.3) is 18.3 Å². The lowest BCUT2D eigenvalue weighted by atomic mass is 10.1. The highest BCUT2D eigenvalue weighted by atomic mass is 16.6. The number of carboxylic acids is 1. The largest absolute Gasteiger partial charge is 0.872 e. The number of carbonyl (C=O) groups excluding carboxylic acids is 1. The third kappa shape index (κ3) is 3.33. The first-order valence-electron chi connectivity index (χ1n) is 7.57. The maximum atomic E-state index is 12.6. The second kappa shape index (κ2) is 6.64. The summed E-state index contributed by atoms with van der Waals surface area (Å²) in [5.41, 5.74) is -0.555. The number of carboxylic acid groups (broad SMARTS) is 1. The van der Waals surface area contributed by atoms with Gasteiger partial charge in [-0.05, 0) is 29.3 Å². The number of rotatable bonds is 4. The molecule has 136 valence electrons. The summed E-state index contributed by atoms with van der Waals surface area (Å²) in [4.78, 5) is 33.7. The molecule has 3 rings (SSSR count). The van der Waals surface area contributed by atoms with Crippen LogP contribution >= 0.6 is 0 Å². The van der Waals surface area contributed by atoms with Crippen LogP contribution in [0.4, 0.5) is 5.69 Å². The van der Waals surface area contributed by atoms with Crippen molar-refractivity contribution in [3.63, 3.8) is 0 Å². The number of nitro benzene ring substituents is 1. The van der Waals surface area contributed by atoms with Gasteiger partial charge in [-0.2, -0.15) is 0 Å². The van der Waals surface area contributed by atoms with Gasteiger partial charge in [-0.25, -0.2) is 4.68 Å². The van der Waals surface area contributed by atoms with E-state index in [1.54, 1.807) is 0 Å². The molecule has 0 unspecified atom stereocenters. The van der Waals surface area contributed by atoms with Crippen molar-refractivity contribution in [2.24, 2.45) is 0 Å². The number of aromatic carboxylic acids is 1. The molecule has 0 amide bonds. The van der Waals surface area contributed by atoms with E-state index in [9.17, 15) is 29.9 Å². The molecule has 0 spiro atoms. The van der Waals surface area contributed by atoms with Crippen LogP contribution in [0.15, 0.2) is 47.3 Å². The molecule has 0 aliphatic heterocycles. The first-order chi connectivity index (χ1) is 12.8. The summed E-state index contributed by atoms with van der Waals surface area (Å²) >= 11 is 0. The lowest BCUT2D eigenvalue weighted by Crippen LogP contribution is -2.34. The first-order valence-corrected chi connectivity index (χ1v) is 7.57. The van der Waals surface area contributed by atoms with Crippen molar-refractivity contribution in [3.05, 3.63) is 84.6 Å². The monoisotopic (exact) mass is 365 g/mol. The standard InChI is InChI=1S/C18H13N3O6/c1-10-15(9-12-8-14(21(26)27)6-7-16(12)22)17(23)20(19-10)13-4-2-11(3-5-13)18(24)25/h2-9,19,22H,1H2,(H,24,25)/p-2/b15-9-. The summed E-state index contributed by atoms with van der Waals surface area (Å²) in [7, 11) is 0. The van der Waals surface area contributed by atoms with E-state index in [0.717, 1.165) is 22.9 Å². The second-order valence-electron chi connectivity index (χ2n) is 5.60. The Morgan fingerprint density at radius 1 is 1.19 bits per heavy atom. The van der Waals surface area contributed by atoms with E-state index in [-0.39, 0.29) is 27.4 Å². The van der Waals surface area contributed by atoms with Crippen molar-refractivity contribution in [2.75, 3.05) is 0 Å². The van der Waals surface area contributed by atoms with Crippen LogP contribution in [0.5, 0.6) is 5.75 Å². The highest BCUT2D eigenvalue weighted by Crippen LogP contribution is 2.21. The smallest absolute Gasteiger partial charge is 0.279 e. The number of nitrogens with one attached hydrogen (secondary N) is 1. The molecule has 1 N–H and O–H groups in total. The van der Waals surface area contributed by atoms with Gasteiger partial charge in [0, 0.05) is 12.1 Å². The molecule has 0 saturated heterocycles. The Balaban J connectivity index is 2.15. The zero-order valence-corrected chi connectivity index (χ0v) is 13.7. The SMILES string of the molecule is C=c1[nH]n(-c2ccc(C(=O)[O-])cc2)c(=O)/c1=C\c1cc([N+](=O)[O-])ccc1[O-]. The van der Waals surface area contributed by atoms with E-state index in [4.69, 9.17) is 0 Å². The van der Waals surface area contributed by atoms with Crippen LogP contribution in [-0.4, -0.2) is 20.7 Å². The molecule has 0 saturated carbocycles. The van der Waals surface area contributed by atoms with Gasteiger partial charge in [0.1, 0.15) is 0 Å². The molecule has 0 atom stereocenters. The molecular weight excluding hydrogens is 354 g/mol. The van der Waals surface area contributed by atoms with E-state index in [1.165, 1.54) is 30.3 Å². The molecule has 0 aliphatic rings. The number of hydrogen-bond donors (Lipinski definition) is 1. The zero-order valence-electron chi connectivity index (χ0n) is 13.7. The van der Waals surface area contributed by atoms with E-state index in [2.05, 4.69) is 11.7 Å². The fraction of sp³-hybridized carbons (Fsp3) is 0. The van der Waals surface area contributed by atoms with E-state index in [1.807, 2.05) is 0 Å². The summed E-state index contributed by atoms with van der Waals surface area (Å²) in [6.07, 6.45) is 1.22. The normalized spacial score (nSPS) is 11.5. The first kappa shape index (κ1) is 17.7. The van der Waals surface area contributed by atoms with Crippen LogP contribution in [0.2, 0.25) is 0 Å². The molecule has 1 heterocycles. The topological polar surface area (TPSA) is 144 Å². The second-order valence-corrected chi connectivity index (χ2v) is 5.60. The third-order valence-electron chi connectivity index (χ3n) is 3.87. The quantitative estimate of drug-likeness (QED) is 0.452. The molecule has 9 heteroatoms. The fourth-order valence-corrected chi connectivity index (χ4v) is 2.49. The number of carbonyl (C=O) groups is 1. The Kier molecular flexibility index (Phi) is 4.34. The highest BCUT2D eigenvalue weighted by molar-refractivity contribution is 5.85. The molecule has 0 fully saturated rings. The number of aromatic nitrogens is 2.